The Morgan fingerprint density at radius 1 is 1.40 bits per heavy atom. The van der Waals surface area contributed by atoms with Crippen molar-refractivity contribution in [3.05, 3.63) is 0 Å². The summed E-state index contributed by atoms with van der Waals surface area (Å²) in [5, 5.41) is 9.79. The number of hydrogen-bond acceptors (Lipinski definition) is 3. The predicted molar refractivity (Wildman–Crippen MR) is 62.3 cm³/mol. The van der Waals surface area contributed by atoms with Crippen LogP contribution in [0.15, 0.2) is 0 Å². The van der Waals surface area contributed by atoms with Crippen molar-refractivity contribution < 1.29 is 9.90 Å². The van der Waals surface area contributed by atoms with Crippen LogP contribution in [0.3, 0.4) is 0 Å². The third-order valence-corrected chi connectivity index (χ3v) is 5.20. The molecule has 15 heavy (non-hydrogen) atoms. The molecule has 2 saturated heterocycles. The van der Waals surface area contributed by atoms with E-state index in [1.807, 2.05) is 11.8 Å². The van der Waals surface area contributed by atoms with Crippen molar-refractivity contribution in [2.75, 3.05) is 18.8 Å². The molecule has 0 aromatic heterocycles. The van der Waals surface area contributed by atoms with Gasteiger partial charge in [0.25, 0.3) is 0 Å². The molecular weight excluding hydrogens is 210 g/mol. The molecule has 2 aliphatic rings. The molecule has 0 bridgehead atoms. The highest BCUT2D eigenvalue weighted by Gasteiger charge is 2.50. The highest BCUT2D eigenvalue weighted by Crippen LogP contribution is 2.40. The first-order valence-electron chi connectivity index (χ1n) is 5.78. The Labute approximate surface area is 95.2 Å². The number of nitrogens with zero attached hydrogens (tertiary/aromatic N) is 1. The largest absolute Gasteiger partial charge is 0.480 e. The minimum atomic E-state index is -0.607. The molecule has 0 amide bonds. The molecule has 1 N–H and O–H groups in total. The smallest absolute Gasteiger partial charge is 0.325 e. The molecule has 0 aromatic carbocycles. The lowest BCUT2D eigenvalue weighted by Crippen LogP contribution is -2.60. The highest BCUT2D eigenvalue weighted by atomic mass is 32.2. The van der Waals surface area contributed by atoms with E-state index in [9.17, 15) is 9.90 Å². The number of thioether (sulfide) groups is 1. The van der Waals surface area contributed by atoms with E-state index in [-0.39, 0.29) is 5.25 Å². The van der Waals surface area contributed by atoms with Crippen LogP contribution in [0.5, 0.6) is 0 Å². The molecule has 0 radical (unpaired) electrons. The number of rotatable bonds is 2. The van der Waals surface area contributed by atoms with Gasteiger partial charge < -0.3 is 5.11 Å². The second-order valence-corrected chi connectivity index (χ2v) is 5.99. The van der Waals surface area contributed by atoms with Crippen LogP contribution in [-0.2, 0) is 4.79 Å². The number of likely N-dealkylation sites (tertiary alicyclic amines) is 1. The van der Waals surface area contributed by atoms with E-state index in [0.29, 0.717) is 0 Å². The van der Waals surface area contributed by atoms with Gasteiger partial charge in [0.05, 0.1) is 0 Å². The lowest BCUT2D eigenvalue weighted by atomic mass is 9.88. The molecule has 4 heteroatoms. The van der Waals surface area contributed by atoms with Crippen molar-refractivity contribution >= 4 is 17.7 Å². The summed E-state index contributed by atoms with van der Waals surface area (Å²) < 4.78 is 0. The zero-order valence-electron chi connectivity index (χ0n) is 9.24. The van der Waals surface area contributed by atoms with Crippen molar-refractivity contribution in [1.82, 2.24) is 4.90 Å². The average molecular weight is 229 g/mol. The maximum atomic E-state index is 11.6. The topological polar surface area (TPSA) is 40.5 Å². The van der Waals surface area contributed by atoms with Gasteiger partial charge in [0.2, 0.25) is 0 Å². The number of carboxylic acids is 1. The fourth-order valence-electron chi connectivity index (χ4n) is 2.89. The van der Waals surface area contributed by atoms with Gasteiger partial charge in [-0.1, -0.05) is 6.92 Å². The van der Waals surface area contributed by atoms with Crippen LogP contribution < -0.4 is 0 Å². The van der Waals surface area contributed by atoms with E-state index in [1.165, 1.54) is 0 Å². The summed E-state index contributed by atoms with van der Waals surface area (Å²) in [4.78, 5) is 13.8. The van der Waals surface area contributed by atoms with E-state index < -0.39 is 11.5 Å². The molecule has 2 atom stereocenters. The minimum absolute atomic E-state index is 0.224. The SMILES string of the molecule is CC1SCCCC1(C(=O)O)N1CCCC1. The van der Waals surface area contributed by atoms with Crippen molar-refractivity contribution in [2.45, 2.75) is 43.4 Å². The second-order valence-electron chi connectivity index (χ2n) is 4.54. The second kappa shape index (κ2) is 4.34. The summed E-state index contributed by atoms with van der Waals surface area (Å²) in [7, 11) is 0. The van der Waals surface area contributed by atoms with Gasteiger partial charge in [-0.25, -0.2) is 0 Å². The van der Waals surface area contributed by atoms with Crippen molar-refractivity contribution in [1.29, 1.82) is 0 Å². The molecule has 0 spiro atoms. The fourth-order valence-corrected chi connectivity index (χ4v) is 4.20. The molecule has 86 valence electrons. The van der Waals surface area contributed by atoms with Crippen LogP contribution in [0.25, 0.3) is 0 Å². The molecule has 0 saturated carbocycles. The monoisotopic (exact) mass is 229 g/mol. The summed E-state index contributed by atoms with van der Waals surface area (Å²) in [5.41, 5.74) is -0.570. The fraction of sp³-hybridized carbons (Fsp3) is 0.909. The summed E-state index contributed by atoms with van der Waals surface area (Å²) in [6.45, 7) is 4.02. The molecule has 2 fully saturated rings. The van der Waals surface area contributed by atoms with E-state index in [2.05, 4.69) is 11.8 Å². The summed E-state index contributed by atoms with van der Waals surface area (Å²) in [6, 6.07) is 0. The third kappa shape index (κ3) is 1.78. The number of hydrogen-bond donors (Lipinski definition) is 1. The van der Waals surface area contributed by atoms with E-state index in [4.69, 9.17) is 0 Å². The van der Waals surface area contributed by atoms with Crippen molar-refractivity contribution in [3.63, 3.8) is 0 Å². The summed E-state index contributed by atoms with van der Waals surface area (Å²) in [6.07, 6.45) is 4.19. The van der Waals surface area contributed by atoms with Crippen LogP contribution in [0.1, 0.15) is 32.6 Å². The van der Waals surface area contributed by atoms with Gasteiger partial charge >= 0.3 is 5.97 Å². The zero-order chi connectivity index (χ0) is 10.9. The highest BCUT2D eigenvalue weighted by molar-refractivity contribution is 8.00. The Morgan fingerprint density at radius 3 is 2.60 bits per heavy atom. The third-order valence-electron chi connectivity index (χ3n) is 3.78. The van der Waals surface area contributed by atoms with Gasteiger partial charge in [0, 0.05) is 5.25 Å². The standard InChI is InChI=1S/C11H19NO2S/c1-9-11(10(13)14,5-4-8-15-9)12-6-2-3-7-12/h9H,2-8H2,1H3,(H,13,14). The van der Waals surface area contributed by atoms with Gasteiger partial charge in [-0.15, -0.1) is 0 Å². The van der Waals surface area contributed by atoms with Gasteiger partial charge in [0.15, 0.2) is 0 Å². The number of carboxylic acid groups (broad SMARTS) is 1. The molecule has 0 aromatic rings. The van der Waals surface area contributed by atoms with Gasteiger partial charge in [-0.2, -0.15) is 11.8 Å². The minimum Gasteiger partial charge on any atom is -0.480 e. The first-order valence-corrected chi connectivity index (χ1v) is 6.83. The molecule has 2 heterocycles. The number of aliphatic carboxylic acids is 1. The molecule has 0 aliphatic carbocycles. The molecular formula is C11H19NO2S. The quantitative estimate of drug-likeness (QED) is 0.784. The van der Waals surface area contributed by atoms with Crippen LogP contribution in [0, 0.1) is 0 Å². The van der Waals surface area contributed by atoms with E-state index >= 15 is 0 Å². The molecule has 2 unspecified atom stereocenters. The maximum Gasteiger partial charge on any atom is 0.325 e. The zero-order valence-corrected chi connectivity index (χ0v) is 10.1. The van der Waals surface area contributed by atoms with Gasteiger partial charge in [-0.05, 0) is 44.5 Å². The van der Waals surface area contributed by atoms with Gasteiger partial charge in [-0.3, -0.25) is 9.69 Å². The van der Waals surface area contributed by atoms with Crippen LogP contribution in [0.2, 0.25) is 0 Å². The first-order chi connectivity index (χ1) is 7.18. The molecule has 2 aliphatic heterocycles. The first kappa shape index (κ1) is 11.3. The van der Waals surface area contributed by atoms with E-state index in [1.54, 1.807) is 0 Å². The summed E-state index contributed by atoms with van der Waals surface area (Å²) in [5.74, 6) is 0.508. The Balaban J connectivity index is 2.24. The molecule has 3 nitrogen and oxygen atoms in total. The van der Waals surface area contributed by atoms with Crippen LogP contribution >= 0.6 is 11.8 Å². The Hall–Kier alpha value is -0.220. The Bertz CT molecular complexity index is 253. The lowest BCUT2D eigenvalue weighted by molar-refractivity contribution is -0.151. The van der Waals surface area contributed by atoms with Crippen LogP contribution in [0.4, 0.5) is 0 Å². The lowest BCUT2D eigenvalue weighted by Gasteiger charge is -2.45. The Kier molecular flexibility index (Phi) is 3.26. The average Bonchev–Trinajstić information content (AvgIpc) is 2.71. The van der Waals surface area contributed by atoms with Crippen molar-refractivity contribution in [2.24, 2.45) is 0 Å². The number of carbonyl (C=O) groups is 1. The van der Waals surface area contributed by atoms with Crippen molar-refractivity contribution in [3.8, 4) is 0 Å². The summed E-state index contributed by atoms with van der Waals surface area (Å²) >= 11 is 1.82. The normalized spacial score (nSPS) is 38.1. The molecule has 2 rings (SSSR count). The Morgan fingerprint density at radius 2 is 2.07 bits per heavy atom. The van der Waals surface area contributed by atoms with Gasteiger partial charge in [0.1, 0.15) is 5.54 Å². The van der Waals surface area contributed by atoms with Crippen LogP contribution in [-0.4, -0.2) is 45.6 Å². The predicted octanol–water partition coefficient (Wildman–Crippen LogP) is 1.82. The van der Waals surface area contributed by atoms with E-state index in [0.717, 1.165) is 44.5 Å². The maximum absolute atomic E-state index is 11.6.